The molecule has 0 aliphatic carbocycles. The summed E-state index contributed by atoms with van der Waals surface area (Å²) in [5, 5.41) is 17.5. The van der Waals surface area contributed by atoms with E-state index in [1.807, 2.05) is 18.2 Å². The lowest BCUT2D eigenvalue weighted by molar-refractivity contribution is 0.0696. The molecule has 0 fully saturated rings. The van der Waals surface area contributed by atoms with E-state index in [4.69, 9.17) is 10.2 Å². The Balaban J connectivity index is 2.92. The first-order valence-corrected chi connectivity index (χ1v) is 4.76. The van der Waals surface area contributed by atoms with Gasteiger partial charge in [-0.3, -0.25) is 0 Å². The van der Waals surface area contributed by atoms with Crippen LogP contribution in [0, 0.1) is 6.92 Å². The molecule has 1 rings (SSSR count). The summed E-state index contributed by atoms with van der Waals surface area (Å²) in [7, 11) is 0. The predicted molar refractivity (Wildman–Crippen MR) is 58.9 cm³/mol. The molecule has 0 heterocycles. The molecule has 2 N–H and O–H groups in total. The van der Waals surface area contributed by atoms with Gasteiger partial charge in [-0.15, -0.1) is 0 Å². The largest absolute Gasteiger partial charge is 0.478 e. The predicted octanol–water partition coefficient (Wildman–Crippen LogP) is 2.09. The maximum absolute atomic E-state index is 10.8. The fourth-order valence-electron chi connectivity index (χ4n) is 1.27. The van der Waals surface area contributed by atoms with Gasteiger partial charge < -0.3 is 10.2 Å². The molecule has 15 heavy (non-hydrogen) atoms. The van der Waals surface area contributed by atoms with Crippen molar-refractivity contribution in [3.63, 3.8) is 0 Å². The summed E-state index contributed by atoms with van der Waals surface area (Å²) in [6, 6.07) is 5.27. The van der Waals surface area contributed by atoms with E-state index >= 15 is 0 Å². The topological polar surface area (TPSA) is 57.5 Å². The molecule has 3 nitrogen and oxygen atoms in total. The van der Waals surface area contributed by atoms with E-state index < -0.39 is 5.97 Å². The Hall–Kier alpha value is -1.61. The van der Waals surface area contributed by atoms with E-state index in [0.717, 1.165) is 11.1 Å². The second kappa shape index (κ2) is 5.32. The van der Waals surface area contributed by atoms with Gasteiger partial charge in [0.05, 0.1) is 5.56 Å². The van der Waals surface area contributed by atoms with Crippen molar-refractivity contribution in [3.8, 4) is 0 Å². The van der Waals surface area contributed by atoms with E-state index in [2.05, 4.69) is 0 Å². The molecule has 0 amide bonds. The Bertz CT molecular complexity index is 380. The summed E-state index contributed by atoms with van der Waals surface area (Å²) in [5.41, 5.74) is 1.91. The SMILES string of the molecule is Cc1ccc(C=CCCO)cc1C(=O)O. The van der Waals surface area contributed by atoms with Crippen molar-refractivity contribution < 1.29 is 15.0 Å². The van der Waals surface area contributed by atoms with Crippen molar-refractivity contribution in [1.82, 2.24) is 0 Å². The molecule has 0 bridgehead atoms. The number of hydrogen-bond acceptors (Lipinski definition) is 2. The van der Waals surface area contributed by atoms with Crippen LogP contribution in [0.4, 0.5) is 0 Å². The fraction of sp³-hybridized carbons (Fsp3) is 0.250. The third kappa shape index (κ3) is 3.22. The van der Waals surface area contributed by atoms with Crippen LogP contribution in [0.2, 0.25) is 0 Å². The minimum atomic E-state index is -0.912. The van der Waals surface area contributed by atoms with Crippen LogP contribution < -0.4 is 0 Å². The Morgan fingerprint density at radius 2 is 2.20 bits per heavy atom. The second-order valence-corrected chi connectivity index (χ2v) is 3.29. The minimum absolute atomic E-state index is 0.105. The van der Waals surface area contributed by atoms with Gasteiger partial charge in [0.1, 0.15) is 0 Å². The van der Waals surface area contributed by atoms with Crippen LogP contribution in [-0.2, 0) is 0 Å². The molecule has 0 aliphatic rings. The maximum atomic E-state index is 10.8. The van der Waals surface area contributed by atoms with Crippen molar-refractivity contribution >= 4 is 12.0 Å². The number of hydrogen-bond donors (Lipinski definition) is 2. The molecule has 0 spiro atoms. The molecule has 0 radical (unpaired) electrons. The fourth-order valence-corrected chi connectivity index (χ4v) is 1.27. The molecule has 0 saturated heterocycles. The van der Waals surface area contributed by atoms with E-state index in [1.165, 1.54) is 0 Å². The zero-order valence-electron chi connectivity index (χ0n) is 8.60. The van der Waals surface area contributed by atoms with E-state index in [0.29, 0.717) is 12.0 Å². The standard InChI is InChI=1S/C12H14O3/c1-9-5-6-10(4-2-3-7-13)8-11(9)12(14)15/h2,4-6,8,13H,3,7H2,1H3,(H,14,15). The highest BCUT2D eigenvalue weighted by molar-refractivity contribution is 5.90. The van der Waals surface area contributed by atoms with Crippen molar-refractivity contribution in [2.45, 2.75) is 13.3 Å². The highest BCUT2D eigenvalue weighted by atomic mass is 16.4. The van der Waals surface area contributed by atoms with Gasteiger partial charge >= 0.3 is 5.97 Å². The van der Waals surface area contributed by atoms with E-state index in [1.54, 1.807) is 19.1 Å². The van der Waals surface area contributed by atoms with Gasteiger partial charge in [0, 0.05) is 6.61 Å². The van der Waals surface area contributed by atoms with Crippen LogP contribution >= 0.6 is 0 Å². The number of aryl methyl sites for hydroxylation is 1. The number of rotatable bonds is 4. The van der Waals surface area contributed by atoms with Gasteiger partial charge in [0.15, 0.2) is 0 Å². The van der Waals surface area contributed by atoms with E-state index in [-0.39, 0.29) is 6.61 Å². The quantitative estimate of drug-likeness (QED) is 0.793. The maximum Gasteiger partial charge on any atom is 0.335 e. The molecule has 0 atom stereocenters. The zero-order valence-corrected chi connectivity index (χ0v) is 8.60. The van der Waals surface area contributed by atoms with Gasteiger partial charge in [-0.25, -0.2) is 4.79 Å². The van der Waals surface area contributed by atoms with Crippen molar-refractivity contribution in [2.24, 2.45) is 0 Å². The first-order chi connectivity index (χ1) is 7.15. The van der Waals surface area contributed by atoms with Crippen molar-refractivity contribution in [3.05, 3.63) is 41.0 Å². The molecule has 0 unspecified atom stereocenters. The lowest BCUT2D eigenvalue weighted by Gasteiger charge is -2.01. The summed E-state index contributed by atoms with van der Waals surface area (Å²) >= 11 is 0. The number of aliphatic hydroxyl groups excluding tert-OH is 1. The molecule has 0 aliphatic heterocycles. The number of aromatic carboxylic acids is 1. The number of aliphatic hydroxyl groups is 1. The van der Waals surface area contributed by atoms with E-state index in [9.17, 15) is 4.79 Å². The lowest BCUT2D eigenvalue weighted by Crippen LogP contribution is -1.99. The Labute approximate surface area is 88.7 Å². The zero-order chi connectivity index (χ0) is 11.3. The van der Waals surface area contributed by atoms with Gasteiger partial charge in [-0.2, -0.15) is 0 Å². The van der Waals surface area contributed by atoms with Gasteiger partial charge in [0.25, 0.3) is 0 Å². The normalized spacial score (nSPS) is 10.8. The Kier molecular flexibility index (Phi) is 4.06. The highest BCUT2D eigenvalue weighted by Crippen LogP contribution is 2.12. The summed E-state index contributed by atoms with van der Waals surface area (Å²) < 4.78 is 0. The molecule has 0 aromatic heterocycles. The lowest BCUT2D eigenvalue weighted by atomic mass is 10.0. The van der Waals surface area contributed by atoms with Crippen LogP contribution in [-0.4, -0.2) is 22.8 Å². The minimum Gasteiger partial charge on any atom is -0.478 e. The average Bonchev–Trinajstić information content (AvgIpc) is 2.20. The van der Waals surface area contributed by atoms with Crippen LogP contribution in [0.15, 0.2) is 24.3 Å². The van der Waals surface area contributed by atoms with Gasteiger partial charge in [-0.1, -0.05) is 24.3 Å². The van der Waals surface area contributed by atoms with Crippen molar-refractivity contribution in [1.29, 1.82) is 0 Å². The number of carboxylic acids is 1. The molecule has 1 aromatic rings. The molecule has 1 aromatic carbocycles. The van der Waals surface area contributed by atoms with Gasteiger partial charge in [-0.05, 0) is 30.5 Å². The van der Waals surface area contributed by atoms with Gasteiger partial charge in [0.2, 0.25) is 0 Å². The Morgan fingerprint density at radius 1 is 1.47 bits per heavy atom. The summed E-state index contributed by atoms with van der Waals surface area (Å²) in [6.45, 7) is 1.87. The first-order valence-electron chi connectivity index (χ1n) is 4.76. The smallest absolute Gasteiger partial charge is 0.335 e. The number of benzene rings is 1. The molecule has 0 saturated carbocycles. The van der Waals surface area contributed by atoms with Crippen molar-refractivity contribution in [2.75, 3.05) is 6.61 Å². The summed E-state index contributed by atoms with van der Waals surface area (Å²) in [6.07, 6.45) is 4.20. The monoisotopic (exact) mass is 206 g/mol. The molecule has 80 valence electrons. The molecular formula is C12H14O3. The Morgan fingerprint density at radius 3 is 2.80 bits per heavy atom. The number of carbonyl (C=O) groups is 1. The number of carboxylic acid groups (broad SMARTS) is 1. The van der Waals surface area contributed by atoms with Crippen LogP contribution in [0.1, 0.15) is 27.9 Å². The summed E-state index contributed by atoms with van der Waals surface area (Å²) in [5.74, 6) is -0.912. The highest BCUT2D eigenvalue weighted by Gasteiger charge is 2.06. The van der Waals surface area contributed by atoms with Crippen LogP contribution in [0.5, 0.6) is 0 Å². The van der Waals surface area contributed by atoms with Crippen LogP contribution in [0.25, 0.3) is 6.08 Å². The molecule has 3 heteroatoms. The third-order valence-electron chi connectivity index (χ3n) is 2.10. The van der Waals surface area contributed by atoms with Crippen LogP contribution in [0.3, 0.4) is 0 Å². The summed E-state index contributed by atoms with van der Waals surface area (Å²) in [4.78, 5) is 10.8. The first kappa shape index (κ1) is 11.5. The molecular weight excluding hydrogens is 192 g/mol. The average molecular weight is 206 g/mol. The third-order valence-corrected chi connectivity index (χ3v) is 2.10. The second-order valence-electron chi connectivity index (χ2n) is 3.29.